The second-order valence-corrected chi connectivity index (χ2v) is 7.81. The number of aryl methyl sites for hydroxylation is 1. The summed E-state index contributed by atoms with van der Waals surface area (Å²) in [6.07, 6.45) is 4.35. The summed E-state index contributed by atoms with van der Waals surface area (Å²) >= 11 is 0. The summed E-state index contributed by atoms with van der Waals surface area (Å²) in [6.45, 7) is 3.60. The van der Waals surface area contributed by atoms with E-state index in [0.717, 1.165) is 25.0 Å². The molecule has 0 radical (unpaired) electrons. The molecule has 1 spiro atoms. The van der Waals surface area contributed by atoms with Crippen LogP contribution in [0.1, 0.15) is 36.7 Å². The molecule has 2 fully saturated rings. The number of carbonyl (C=O) groups is 1. The molecule has 134 valence electrons. The summed E-state index contributed by atoms with van der Waals surface area (Å²) in [5.41, 5.74) is -0.322. The number of likely N-dealkylation sites (tertiary alicyclic amines) is 1. The molecule has 6 heteroatoms. The van der Waals surface area contributed by atoms with Gasteiger partial charge in [0.05, 0.1) is 12.2 Å². The van der Waals surface area contributed by atoms with E-state index in [-0.39, 0.29) is 17.6 Å². The molecule has 0 bridgehead atoms. The molecule has 24 heavy (non-hydrogen) atoms. The third-order valence-electron chi connectivity index (χ3n) is 5.70. The number of aliphatic hydroxyl groups is 1. The Bertz CT molecular complexity index is 600. The minimum absolute atomic E-state index is 0.0707. The zero-order valence-electron chi connectivity index (χ0n) is 15.2. The minimum Gasteiger partial charge on any atom is -0.386 e. The van der Waals surface area contributed by atoms with Gasteiger partial charge in [0.25, 0.3) is 5.91 Å². The maximum Gasteiger partial charge on any atom is 0.270 e. The number of nitrogens with zero attached hydrogens (tertiary/aromatic N) is 3. The molecule has 3 heterocycles. The highest BCUT2D eigenvalue weighted by Gasteiger charge is 2.49. The van der Waals surface area contributed by atoms with Gasteiger partial charge < -0.3 is 24.2 Å². The molecule has 2 aliphatic heterocycles. The average Bonchev–Trinajstić information content (AvgIpc) is 2.96. The Morgan fingerprint density at radius 1 is 1.38 bits per heavy atom. The van der Waals surface area contributed by atoms with Crippen molar-refractivity contribution in [3.8, 4) is 0 Å². The first-order chi connectivity index (χ1) is 11.2. The summed E-state index contributed by atoms with van der Waals surface area (Å²) in [5.74, 6) is 0.0873. The fourth-order valence-corrected chi connectivity index (χ4v) is 4.08. The third kappa shape index (κ3) is 3.10. The van der Waals surface area contributed by atoms with Gasteiger partial charge >= 0.3 is 0 Å². The first-order valence-electron chi connectivity index (χ1n) is 8.67. The lowest BCUT2D eigenvalue weighted by atomic mass is 9.77. The Morgan fingerprint density at radius 3 is 2.58 bits per heavy atom. The van der Waals surface area contributed by atoms with Crippen molar-refractivity contribution in [3.05, 3.63) is 24.0 Å². The van der Waals surface area contributed by atoms with Gasteiger partial charge in [-0.1, -0.05) is 0 Å². The van der Waals surface area contributed by atoms with Crippen LogP contribution in [0, 0.1) is 0 Å². The van der Waals surface area contributed by atoms with Crippen LogP contribution in [0.25, 0.3) is 0 Å². The molecule has 2 aliphatic rings. The Balaban J connectivity index is 1.66. The summed E-state index contributed by atoms with van der Waals surface area (Å²) in [5, 5.41) is 10.6. The van der Waals surface area contributed by atoms with E-state index in [9.17, 15) is 9.90 Å². The van der Waals surface area contributed by atoms with Crippen molar-refractivity contribution in [2.45, 2.75) is 43.4 Å². The third-order valence-corrected chi connectivity index (χ3v) is 5.70. The normalized spacial score (nSPS) is 30.1. The summed E-state index contributed by atoms with van der Waals surface area (Å²) in [4.78, 5) is 16.7. The minimum atomic E-state index is -0.829. The first kappa shape index (κ1) is 17.5. The predicted octanol–water partition coefficient (Wildman–Crippen LogP) is 1.10. The topological polar surface area (TPSA) is 57.9 Å². The Labute approximate surface area is 144 Å². The molecule has 1 aromatic heterocycles. The highest BCUT2D eigenvalue weighted by molar-refractivity contribution is 5.92. The highest BCUT2D eigenvalue weighted by atomic mass is 16.5. The van der Waals surface area contributed by atoms with E-state index in [4.69, 9.17) is 4.74 Å². The molecule has 0 aromatic carbocycles. The molecule has 6 nitrogen and oxygen atoms in total. The lowest BCUT2D eigenvalue weighted by Crippen LogP contribution is -2.63. The second-order valence-electron chi connectivity index (χ2n) is 7.81. The molecule has 1 aromatic rings. The van der Waals surface area contributed by atoms with Crippen molar-refractivity contribution in [1.29, 1.82) is 0 Å². The Hall–Kier alpha value is -1.37. The van der Waals surface area contributed by atoms with Crippen LogP contribution >= 0.6 is 0 Å². The van der Waals surface area contributed by atoms with Gasteiger partial charge in [-0.05, 0) is 52.4 Å². The number of rotatable bonds is 2. The second kappa shape index (κ2) is 6.17. The number of amides is 1. The maximum absolute atomic E-state index is 12.6. The van der Waals surface area contributed by atoms with Gasteiger partial charge in [0, 0.05) is 32.4 Å². The van der Waals surface area contributed by atoms with Crippen LogP contribution in [-0.2, 0) is 11.8 Å². The standard InChI is InChI=1S/C18H29N3O3/c1-17(23)13-24-18(12-15(17)19(2)3)7-10-21(11-8-18)16(22)14-6-5-9-20(14)4/h5-6,9,15,23H,7-8,10-13H2,1-4H3/t15-,17-/m0/s1. The van der Waals surface area contributed by atoms with Gasteiger partial charge in [0.15, 0.2) is 0 Å². The molecule has 1 amide bonds. The quantitative estimate of drug-likeness (QED) is 0.879. The van der Waals surface area contributed by atoms with Crippen LogP contribution in [0.3, 0.4) is 0 Å². The molecule has 2 atom stereocenters. The number of ether oxygens (including phenoxy) is 1. The number of carbonyl (C=O) groups excluding carboxylic acids is 1. The van der Waals surface area contributed by atoms with Crippen LogP contribution < -0.4 is 0 Å². The molecule has 0 saturated carbocycles. The largest absolute Gasteiger partial charge is 0.386 e. The SMILES string of the molecule is CN(C)[C@H]1CC2(CCN(C(=O)c3cccn3C)CC2)OC[C@]1(C)O. The zero-order chi connectivity index (χ0) is 17.5. The van der Waals surface area contributed by atoms with Crippen LogP contribution in [0.15, 0.2) is 18.3 Å². The zero-order valence-corrected chi connectivity index (χ0v) is 15.2. The van der Waals surface area contributed by atoms with Crippen molar-refractivity contribution >= 4 is 5.91 Å². The maximum atomic E-state index is 12.6. The fourth-order valence-electron chi connectivity index (χ4n) is 4.08. The molecular weight excluding hydrogens is 306 g/mol. The summed E-state index contributed by atoms with van der Waals surface area (Å²) in [7, 11) is 5.91. The monoisotopic (exact) mass is 335 g/mol. The number of hydrogen-bond donors (Lipinski definition) is 1. The first-order valence-corrected chi connectivity index (χ1v) is 8.67. The molecular formula is C18H29N3O3. The van der Waals surface area contributed by atoms with Gasteiger partial charge in [-0.15, -0.1) is 0 Å². The van der Waals surface area contributed by atoms with E-state index in [1.807, 2.05) is 55.9 Å². The Kier molecular flexibility index (Phi) is 4.49. The van der Waals surface area contributed by atoms with E-state index in [1.54, 1.807) is 0 Å². The van der Waals surface area contributed by atoms with E-state index in [2.05, 4.69) is 4.90 Å². The predicted molar refractivity (Wildman–Crippen MR) is 91.9 cm³/mol. The van der Waals surface area contributed by atoms with Crippen molar-refractivity contribution in [1.82, 2.24) is 14.4 Å². The molecule has 2 saturated heterocycles. The van der Waals surface area contributed by atoms with Crippen LogP contribution in [0.4, 0.5) is 0 Å². The van der Waals surface area contributed by atoms with Crippen molar-refractivity contribution < 1.29 is 14.6 Å². The van der Waals surface area contributed by atoms with E-state index in [0.29, 0.717) is 19.7 Å². The summed E-state index contributed by atoms with van der Waals surface area (Å²) in [6, 6.07) is 3.83. The van der Waals surface area contributed by atoms with E-state index >= 15 is 0 Å². The highest BCUT2D eigenvalue weighted by Crippen LogP contribution is 2.39. The lowest BCUT2D eigenvalue weighted by Gasteiger charge is -2.52. The van der Waals surface area contributed by atoms with Crippen molar-refractivity contribution in [3.63, 3.8) is 0 Å². The molecule has 0 aliphatic carbocycles. The van der Waals surface area contributed by atoms with Gasteiger partial charge in [0.1, 0.15) is 11.3 Å². The number of hydrogen-bond acceptors (Lipinski definition) is 4. The van der Waals surface area contributed by atoms with E-state index in [1.165, 1.54) is 0 Å². The van der Waals surface area contributed by atoms with Gasteiger partial charge in [-0.2, -0.15) is 0 Å². The summed E-state index contributed by atoms with van der Waals surface area (Å²) < 4.78 is 7.99. The number of piperidine rings is 1. The van der Waals surface area contributed by atoms with Crippen molar-refractivity contribution in [2.24, 2.45) is 7.05 Å². The van der Waals surface area contributed by atoms with Crippen LogP contribution in [0.2, 0.25) is 0 Å². The number of likely N-dealkylation sites (N-methyl/N-ethyl adjacent to an activating group) is 1. The average molecular weight is 335 g/mol. The van der Waals surface area contributed by atoms with Crippen LogP contribution in [-0.4, -0.2) is 76.4 Å². The molecule has 3 rings (SSSR count). The number of aromatic nitrogens is 1. The van der Waals surface area contributed by atoms with Gasteiger partial charge in [-0.25, -0.2) is 0 Å². The van der Waals surface area contributed by atoms with E-state index < -0.39 is 5.60 Å². The van der Waals surface area contributed by atoms with Gasteiger partial charge in [-0.3, -0.25) is 4.79 Å². The smallest absolute Gasteiger partial charge is 0.270 e. The van der Waals surface area contributed by atoms with Crippen LogP contribution in [0.5, 0.6) is 0 Å². The molecule has 0 unspecified atom stereocenters. The lowest BCUT2D eigenvalue weighted by molar-refractivity contribution is -0.205. The Morgan fingerprint density at radius 2 is 2.04 bits per heavy atom. The van der Waals surface area contributed by atoms with Gasteiger partial charge in [0.2, 0.25) is 0 Å². The molecule has 1 N–H and O–H groups in total. The fraction of sp³-hybridized carbons (Fsp3) is 0.722. The van der Waals surface area contributed by atoms with Crippen molar-refractivity contribution in [2.75, 3.05) is 33.8 Å².